The first-order valence-corrected chi connectivity index (χ1v) is 6.16. The van der Waals surface area contributed by atoms with Crippen molar-refractivity contribution < 1.29 is 13.5 Å². The van der Waals surface area contributed by atoms with Crippen LogP contribution in [0.1, 0.15) is 5.56 Å². The number of nitrogens with one attached hydrogen (secondary N) is 1. The molecule has 2 aromatic carbocycles. The molecule has 0 saturated heterocycles. The summed E-state index contributed by atoms with van der Waals surface area (Å²) in [5.74, 6) is -0.782. The van der Waals surface area contributed by atoms with Crippen LogP contribution in [0.3, 0.4) is 0 Å². The first-order chi connectivity index (χ1) is 9.22. The Labute approximate surface area is 110 Å². The SMILES string of the molecule is Fc1ccc(NCC2Cc3ccccc3O2)cc1F. The van der Waals surface area contributed by atoms with Gasteiger partial charge in [-0.2, -0.15) is 0 Å². The van der Waals surface area contributed by atoms with Crippen molar-refractivity contribution in [2.24, 2.45) is 0 Å². The molecule has 3 rings (SSSR count). The van der Waals surface area contributed by atoms with Gasteiger partial charge in [-0.1, -0.05) is 18.2 Å². The maximum Gasteiger partial charge on any atom is 0.160 e. The molecule has 0 aliphatic carbocycles. The van der Waals surface area contributed by atoms with Crippen molar-refractivity contribution in [2.45, 2.75) is 12.5 Å². The molecule has 19 heavy (non-hydrogen) atoms. The van der Waals surface area contributed by atoms with Gasteiger partial charge in [-0.25, -0.2) is 8.78 Å². The maximum absolute atomic E-state index is 13.0. The molecule has 0 radical (unpaired) electrons. The second-order valence-electron chi connectivity index (χ2n) is 4.56. The topological polar surface area (TPSA) is 21.3 Å². The Bertz CT molecular complexity index is 575. The van der Waals surface area contributed by atoms with Crippen LogP contribution in [0.5, 0.6) is 5.75 Å². The molecule has 4 heteroatoms. The molecular weight excluding hydrogens is 248 g/mol. The first-order valence-electron chi connectivity index (χ1n) is 6.16. The van der Waals surface area contributed by atoms with Gasteiger partial charge in [0.15, 0.2) is 11.6 Å². The zero-order valence-electron chi connectivity index (χ0n) is 10.2. The fourth-order valence-electron chi connectivity index (χ4n) is 2.21. The Hall–Kier alpha value is -2.10. The van der Waals surface area contributed by atoms with Crippen LogP contribution in [0.25, 0.3) is 0 Å². The van der Waals surface area contributed by atoms with Gasteiger partial charge >= 0.3 is 0 Å². The first kappa shape index (κ1) is 12.0. The number of anilines is 1. The lowest BCUT2D eigenvalue weighted by Crippen LogP contribution is -2.24. The summed E-state index contributed by atoms with van der Waals surface area (Å²) in [5, 5.41) is 3.06. The number of halogens is 2. The number of ether oxygens (including phenoxy) is 1. The van der Waals surface area contributed by atoms with Crippen molar-refractivity contribution >= 4 is 5.69 Å². The molecular formula is C15H13F2NO. The quantitative estimate of drug-likeness (QED) is 0.914. The molecule has 1 atom stereocenters. The lowest BCUT2D eigenvalue weighted by Gasteiger charge is -2.13. The normalized spacial score (nSPS) is 16.8. The highest BCUT2D eigenvalue weighted by Crippen LogP contribution is 2.28. The Kier molecular flexibility index (Phi) is 3.07. The molecule has 2 nitrogen and oxygen atoms in total. The van der Waals surface area contributed by atoms with Gasteiger partial charge in [-0.05, 0) is 23.8 Å². The van der Waals surface area contributed by atoms with Crippen molar-refractivity contribution in [3.63, 3.8) is 0 Å². The predicted octanol–water partition coefficient (Wildman–Crippen LogP) is 3.38. The summed E-state index contributed by atoms with van der Waals surface area (Å²) in [6.07, 6.45) is 0.845. The third-order valence-corrected chi connectivity index (χ3v) is 3.17. The average Bonchev–Trinajstić information content (AvgIpc) is 2.83. The van der Waals surface area contributed by atoms with Gasteiger partial charge in [0, 0.05) is 18.2 Å². The summed E-state index contributed by atoms with van der Waals surface area (Å²) in [7, 11) is 0. The van der Waals surface area contributed by atoms with E-state index in [2.05, 4.69) is 5.32 Å². The Balaban J connectivity index is 1.61. The van der Waals surface area contributed by atoms with Crippen LogP contribution in [0, 0.1) is 11.6 Å². The van der Waals surface area contributed by atoms with Gasteiger partial charge in [-0.15, -0.1) is 0 Å². The maximum atomic E-state index is 13.0. The van der Waals surface area contributed by atoms with E-state index in [0.29, 0.717) is 12.2 Å². The summed E-state index contributed by atoms with van der Waals surface area (Å²) in [5.41, 5.74) is 1.73. The molecule has 0 spiro atoms. The van der Waals surface area contributed by atoms with E-state index in [1.165, 1.54) is 11.6 Å². The zero-order chi connectivity index (χ0) is 13.2. The van der Waals surface area contributed by atoms with Crippen molar-refractivity contribution in [3.8, 4) is 5.75 Å². The van der Waals surface area contributed by atoms with Crippen molar-refractivity contribution in [1.29, 1.82) is 0 Å². The van der Waals surface area contributed by atoms with Crippen LogP contribution < -0.4 is 10.1 Å². The predicted molar refractivity (Wildman–Crippen MR) is 69.4 cm³/mol. The summed E-state index contributed by atoms with van der Waals surface area (Å²) < 4.78 is 31.6. The lowest BCUT2D eigenvalue weighted by molar-refractivity contribution is 0.246. The van der Waals surface area contributed by atoms with Crippen LogP contribution in [-0.4, -0.2) is 12.6 Å². The monoisotopic (exact) mass is 261 g/mol. The average molecular weight is 261 g/mol. The number of rotatable bonds is 3. The molecule has 1 aliphatic heterocycles. The van der Waals surface area contributed by atoms with E-state index in [1.54, 1.807) is 0 Å². The van der Waals surface area contributed by atoms with Crippen LogP contribution >= 0.6 is 0 Å². The molecule has 1 N–H and O–H groups in total. The van der Waals surface area contributed by atoms with E-state index >= 15 is 0 Å². The van der Waals surface area contributed by atoms with Crippen molar-refractivity contribution in [2.75, 3.05) is 11.9 Å². The van der Waals surface area contributed by atoms with Crippen LogP contribution in [0.2, 0.25) is 0 Å². The number of para-hydroxylation sites is 1. The summed E-state index contributed by atoms with van der Waals surface area (Å²) in [4.78, 5) is 0. The van der Waals surface area contributed by atoms with Crippen molar-refractivity contribution in [1.82, 2.24) is 0 Å². The second kappa shape index (κ2) is 4.88. The Morgan fingerprint density at radius 3 is 2.74 bits per heavy atom. The van der Waals surface area contributed by atoms with E-state index in [4.69, 9.17) is 4.74 Å². The van der Waals surface area contributed by atoms with Crippen LogP contribution in [0.4, 0.5) is 14.5 Å². The lowest BCUT2D eigenvalue weighted by atomic mass is 10.1. The van der Waals surface area contributed by atoms with Gasteiger partial charge in [0.25, 0.3) is 0 Å². The van der Waals surface area contributed by atoms with Gasteiger partial charge < -0.3 is 10.1 Å². The minimum absolute atomic E-state index is 0.0190. The number of hydrogen-bond acceptors (Lipinski definition) is 2. The molecule has 0 aromatic heterocycles. The van der Waals surface area contributed by atoms with E-state index in [0.717, 1.165) is 24.3 Å². The van der Waals surface area contributed by atoms with E-state index in [-0.39, 0.29) is 6.10 Å². The van der Waals surface area contributed by atoms with Crippen LogP contribution in [0.15, 0.2) is 42.5 Å². The largest absolute Gasteiger partial charge is 0.488 e. The summed E-state index contributed by atoms with van der Waals surface area (Å²) in [6, 6.07) is 11.7. The molecule has 1 aliphatic rings. The molecule has 1 heterocycles. The summed E-state index contributed by atoms with van der Waals surface area (Å²) in [6.45, 7) is 0.555. The Morgan fingerprint density at radius 2 is 1.95 bits per heavy atom. The minimum atomic E-state index is -0.847. The van der Waals surface area contributed by atoms with Gasteiger partial charge in [0.05, 0.1) is 6.54 Å². The second-order valence-corrected chi connectivity index (χ2v) is 4.56. The smallest absolute Gasteiger partial charge is 0.160 e. The minimum Gasteiger partial charge on any atom is -0.488 e. The third-order valence-electron chi connectivity index (χ3n) is 3.17. The van der Waals surface area contributed by atoms with Crippen molar-refractivity contribution in [3.05, 3.63) is 59.7 Å². The van der Waals surface area contributed by atoms with E-state index in [9.17, 15) is 8.78 Å². The number of hydrogen-bond donors (Lipinski definition) is 1. The Morgan fingerprint density at radius 1 is 1.11 bits per heavy atom. The van der Waals surface area contributed by atoms with Gasteiger partial charge in [-0.3, -0.25) is 0 Å². The van der Waals surface area contributed by atoms with Crippen LogP contribution in [-0.2, 0) is 6.42 Å². The van der Waals surface area contributed by atoms with E-state index < -0.39 is 11.6 Å². The highest BCUT2D eigenvalue weighted by molar-refractivity contribution is 5.44. The van der Waals surface area contributed by atoms with E-state index in [1.807, 2.05) is 24.3 Å². The number of benzene rings is 2. The fourth-order valence-corrected chi connectivity index (χ4v) is 2.21. The molecule has 0 bridgehead atoms. The van der Waals surface area contributed by atoms with Gasteiger partial charge in [0.1, 0.15) is 11.9 Å². The molecule has 0 saturated carbocycles. The molecule has 0 amide bonds. The third kappa shape index (κ3) is 2.52. The standard InChI is InChI=1S/C15H13F2NO/c16-13-6-5-11(8-14(13)17)18-9-12-7-10-3-1-2-4-15(10)19-12/h1-6,8,12,18H,7,9H2. The number of fused-ring (bicyclic) bond motifs is 1. The molecule has 1 unspecified atom stereocenters. The highest BCUT2D eigenvalue weighted by Gasteiger charge is 2.21. The molecule has 2 aromatic rings. The zero-order valence-corrected chi connectivity index (χ0v) is 10.2. The molecule has 0 fully saturated rings. The van der Waals surface area contributed by atoms with Gasteiger partial charge in [0.2, 0.25) is 0 Å². The molecule has 98 valence electrons. The fraction of sp³-hybridized carbons (Fsp3) is 0.200. The highest BCUT2D eigenvalue weighted by atomic mass is 19.2. The summed E-state index contributed by atoms with van der Waals surface area (Å²) >= 11 is 0.